The van der Waals surface area contributed by atoms with Crippen molar-refractivity contribution in [2.45, 2.75) is 9.79 Å². The van der Waals surface area contributed by atoms with Gasteiger partial charge < -0.3 is 0 Å². The number of aromatic nitrogens is 1. The average Bonchev–Trinajstić information content (AvgIpc) is 2.75. The molecule has 0 amide bonds. The van der Waals surface area contributed by atoms with E-state index >= 15 is 0 Å². The Morgan fingerprint density at radius 1 is 0.556 bits per heavy atom. The zero-order chi connectivity index (χ0) is 18.1. The monoisotopic (exact) mass is 363 g/mol. The second-order valence-corrected chi connectivity index (χ2v) is 7.54. The third-order valence-corrected chi connectivity index (χ3v) is 5.95. The van der Waals surface area contributed by atoms with E-state index in [1.807, 2.05) is 24.2 Å². The van der Waals surface area contributed by atoms with Crippen LogP contribution >= 0.6 is 11.8 Å². The first-order valence-corrected chi connectivity index (χ1v) is 9.80. The number of hydrogen-bond acceptors (Lipinski definition) is 2. The summed E-state index contributed by atoms with van der Waals surface area (Å²) >= 11 is 1.82. The molecule has 128 valence electrons. The first-order chi connectivity index (χ1) is 13.4. The maximum atomic E-state index is 4.44. The predicted molar refractivity (Wildman–Crippen MR) is 115 cm³/mol. The van der Waals surface area contributed by atoms with Gasteiger partial charge in [0.25, 0.3) is 0 Å². The van der Waals surface area contributed by atoms with E-state index in [9.17, 15) is 0 Å². The van der Waals surface area contributed by atoms with Crippen molar-refractivity contribution in [3.63, 3.8) is 0 Å². The lowest BCUT2D eigenvalue weighted by Crippen LogP contribution is -1.90. The minimum atomic E-state index is 1.20. The summed E-state index contributed by atoms with van der Waals surface area (Å²) in [5, 5.41) is 4.99. The quantitative estimate of drug-likeness (QED) is 0.314. The Morgan fingerprint density at radius 2 is 1.19 bits per heavy atom. The minimum absolute atomic E-state index is 1.20. The van der Waals surface area contributed by atoms with Gasteiger partial charge in [-0.3, -0.25) is 4.98 Å². The van der Waals surface area contributed by atoms with Crippen molar-refractivity contribution in [2.24, 2.45) is 0 Å². The molecule has 0 saturated carbocycles. The Labute approximate surface area is 162 Å². The van der Waals surface area contributed by atoms with Crippen LogP contribution in [0, 0.1) is 0 Å². The van der Waals surface area contributed by atoms with E-state index in [2.05, 4.69) is 96.0 Å². The van der Waals surface area contributed by atoms with Crippen LogP contribution in [0.2, 0.25) is 0 Å². The highest BCUT2D eigenvalue weighted by molar-refractivity contribution is 7.99. The van der Waals surface area contributed by atoms with Gasteiger partial charge in [-0.1, -0.05) is 84.6 Å². The molecule has 5 rings (SSSR count). The molecule has 0 spiro atoms. The fraction of sp³-hybridized carbons (Fsp3) is 0. The van der Waals surface area contributed by atoms with Gasteiger partial charge in [0.1, 0.15) is 0 Å². The van der Waals surface area contributed by atoms with Gasteiger partial charge in [0.05, 0.1) is 0 Å². The highest BCUT2D eigenvalue weighted by Crippen LogP contribution is 2.44. The molecular weight excluding hydrogens is 346 g/mol. The molecule has 4 aromatic carbocycles. The van der Waals surface area contributed by atoms with Crippen LogP contribution in [0.1, 0.15) is 0 Å². The fourth-order valence-corrected chi connectivity index (χ4v) is 4.72. The van der Waals surface area contributed by atoms with E-state index in [1.54, 1.807) is 0 Å². The molecule has 0 atom stereocenters. The molecule has 2 heteroatoms. The predicted octanol–water partition coefficient (Wildman–Crippen LogP) is 7.21. The number of hydrogen-bond donors (Lipinski definition) is 0. The zero-order valence-electron chi connectivity index (χ0n) is 14.7. The highest BCUT2D eigenvalue weighted by Gasteiger charge is 2.15. The smallest absolute Gasteiger partial charge is 0.0353 e. The molecule has 5 aromatic rings. The Hall–Kier alpha value is -3.10. The summed E-state index contributed by atoms with van der Waals surface area (Å²) in [5.74, 6) is 0. The Morgan fingerprint density at radius 3 is 1.96 bits per heavy atom. The third kappa shape index (κ3) is 2.88. The van der Waals surface area contributed by atoms with Gasteiger partial charge in [0.2, 0.25) is 0 Å². The van der Waals surface area contributed by atoms with E-state index in [1.165, 1.54) is 42.5 Å². The summed E-state index contributed by atoms with van der Waals surface area (Å²) in [7, 11) is 0. The molecule has 0 radical (unpaired) electrons. The van der Waals surface area contributed by atoms with Crippen LogP contribution in [0.25, 0.3) is 32.7 Å². The maximum Gasteiger partial charge on any atom is 0.0353 e. The van der Waals surface area contributed by atoms with Crippen molar-refractivity contribution in [2.75, 3.05) is 0 Å². The highest BCUT2D eigenvalue weighted by atomic mass is 32.2. The summed E-state index contributed by atoms with van der Waals surface area (Å²) in [5.41, 5.74) is 2.48. The van der Waals surface area contributed by atoms with E-state index < -0.39 is 0 Å². The Balaban J connectivity index is 1.89. The van der Waals surface area contributed by atoms with E-state index in [0.717, 1.165) is 0 Å². The number of pyridine rings is 1. The van der Waals surface area contributed by atoms with Gasteiger partial charge in [-0.05, 0) is 45.5 Å². The zero-order valence-corrected chi connectivity index (χ0v) is 15.5. The Bertz CT molecular complexity index is 1170. The van der Waals surface area contributed by atoms with Gasteiger partial charge in [-0.2, -0.15) is 0 Å². The molecule has 27 heavy (non-hydrogen) atoms. The first kappa shape index (κ1) is 16.1. The molecule has 0 unspecified atom stereocenters. The summed E-state index contributed by atoms with van der Waals surface area (Å²) in [4.78, 5) is 6.97. The van der Waals surface area contributed by atoms with E-state index in [-0.39, 0.29) is 0 Å². The van der Waals surface area contributed by atoms with Gasteiger partial charge in [-0.25, -0.2) is 0 Å². The normalized spacial score (nSPS) is 11.1. The van der Waals surface area contributed by atoms with Gasteiger partial charge in [0.15, 0.2) is 0 Å². The van der Waals surface area contributed by atoms with Crippen molar-refractivity contribution >= 4 is 33.3 Å². The number of nitrogens with zero attached hydrogens (tertiary/aromatic N) is 1. The topological polar surface area (TPSA) is 12.9 Å². The third-order valence-electron chi connectivity index (χ3n) is 4.80. The summed E-state index contributed by atoms with van der Waals surface area (Å²) < 4.78 is 0. The van der Waals surface area contributed by atoms with Gasteiger partial charge in [0, 0.05) is 27.6 Å². The Kier molecular flexibility index (Phi) is 4.11. The molecule has 0 fully saturated rings. The SMILES string of the molecule is c1ccc(Sc2c3ccccc3c(-c3ccccc3)c3cnccc23)cc1. The first-order valence-electron chi connectivity index (χ1n) is 8.98. The largest absolute Gasteiger partial charge is 0.264 e. The van der Waals surface area contributed by atoms with Crippen LogP contribution in [0.3, 0.4) is 0 Å². The molecule has 0 bridgehead atoms. The second-order valence-electron chi connectivity index (χ2n) is 6.45. The van der Waals surface area contributed by atoms with Crippen LogP contribution in [0.15, 0.2) is 113 Å². The average molecular weight is 363 g/mol. The van der Waals surface area contributed by atoms with Crippen LogP contribution in [0.5, 0.6) is 0 Å². The molecule has 0 N–H and O–H groups in total. The lowest BCUT2D eigenvalue weighted by Gasteiger charge is -2.16. The summed E-state index contributed by atoms with van der Waals surface area (Å²) in [6, 6.07) is 32.0. The number of benzene rings is 4. The standard InChI is InChI=1S/C25H17NS/c1-3-9-18(10-4-1)24-20-13-7-8-14-21(20)25(22-15-16-26-17-23(22)24)27-19-11-5-2-6-12-19/h1-17H. The molecular formula is C25H17NS. The van der Waals surface area contributed by atoms with Crippen LogP contribution in [-0.4, -0.2) is 4.98 Å². The number of fused-ring (bicyclic) bond motifs is 2. The summed E-state index contributed by atoms with van der Waals surface area (Å²) in [6.45, 7) is 0. The van der Waals surface area contributed by atoms with Crippen LogP contribution in [-0.2, 0) is 0 Å². The molecule has 1 heterocycles. The van der Waals surface area contributed by atoms with Crippen molar-refractivity contribution in [1.82, 2.24) is 4.98 Å². The lowest BCUT2D eigenvalue weighted by atomic mass is 9.93. The molecule has 0 aliphatic carbocycles. The molecule has 0 aliphatic rings. The van der Waals surface area contributed by atoms with Crippen molar-refractivity contribution in [1.29, 1.82) is 0 Å². The molecule has 1 aromatic heterocycles. The van der Waals surface area contributed by atoms with Crippen molar-refractivity contribution in [3.8, 4) is 11.1 Å². The molecule has 0 aliphatic heterocycles. The van der Waals surface area contributed by atoms with Gasteiger partial charge in [-0.15, -0.1) is 0 Å². The molecule has 0 saturated heterocycles. The fourth-order valence-electron chi connectivity index (χ4n) is 3.61. The second kappa shape index (κ2) is 6.90. The maximum absolute atomic E-state index is 4.44. The minimum Gasteiger partial charge on any atom is -0.264 e. The van der Waals surface area contributed by atoms with Crippen LogP contribution in [0.4, 0.5) is 0 Å². The van der Waals surface area contributed by atoms with Gasteiger partial charge >= 0.3 is 0 Å². The van der Waals surface area contributed by atoms with Crippen LogP contribution < -0.4 is 0 Å². The van der Waals surface area contributed by atoms with E-state index in [4.69, 9.17) is 0 Å². The molecule has 1 nitrogen and oxygen atoms in total. The van der Waals surface area contributed by atoms with E-state index in [0.29, 0.717) is 0 Å². The summed E-state index contributed by atoms with van der Waals surface area (Å²) in [6.07, 6.45) is 3.89. The van der Waals surface area contributed by atoms with Crippen molar-refractivity contribution in [3.05, 3.63) is 103 Å². The lowest BCUT2D eigenvalue weighted by molar-refractivity contribution is 1.36. The number of rotatable bonds is 3. The van der Waals surface area contributed by atoms with Crippen molar-refractivity contribution < 1.29 is 0 Å².